The summed E-state index contributed by atoms with van der Waals surface area (Å²) in [4.78, 5) is 12.8. The van der Waals surface area contributed by atoms with E-state index in [4.69, 9.17) is 9.47 Å². The molecule has 0 aliphatic rings. The topological polar surface area (TPSA) is 112 Å². The van der Waals surface area contributed by atoms with Gasteiger partial charge in [0, 0.05) is 48.8 Å². The van der Waals surface area contributed by atoms with E-state index in [1.807, 2.05) is 6.92 Å². The Morgan fingerprint density at radius 3 is 2.59 bits per heavy atom. The van der Waals surface area contributed by atoms with E-state index in [0.29, 0.717) is 40.6 Å². The first kappa shape index (κ1) is 24.8. The Bertz CT molecular complexity index is 1340. The molecule has 0 aliphatic carbocycles. The number of sulfonamides is 1. The van der Waals surface area contributed by atoms with Gasteiger partial charge >= 0.3 is 0 Å². The zero-order chi connectivity index (χ0) is 24.7. The largest absolute Gasteiger partial charge is 0.488 e. The number of nitrogens with one attached hydrogen (secondary N) is 2. The van der Waals surface area contributed by atoms with E-state index in [1.54, 1.807) is 73.6 Å². The number of nitrogens with zero attached hydrogens (tertiary/aromatic N) is 2. The molecule has 2 aromatic carbocycles. The van der Waals surface area contributed by atoms with Crippen LogP contribution in [0.4, 0.5) is 11.5 Å². The van der Waals surface area contributed by atoms with Crippen molar-refractivity contribution in [3.8, 4) is 17.6 Å². The van der Waals surface area contributed by atoms with Crippen LogP contribution in [-0.4, -0.2) is 50.2 Å². The van der Waals surface area contributed by atoms with Crippen LogP contribution < -0.4 is 14.8 Å². The van der Waals surface area contributed by atoms with Crippen molar-refractivity contribution in [1.82, 2.24) is 9.78 Å². The van der Waals surface area contributed by atoms with Crippen molar-refractivity contribution in [3.63, 3.8) is 0 Å². The Morgan fingerprint density at radius 1 is 1.15 bits per heavy atom. The Kier molecular flexibility index (Phi) is 7.94. The zero-order valence-electron chi connectivity index (χ0n) is 19.3. The number of amides is 1. The second-order valence-electron chi connectivity index (χ2n) is 7.66. The number of carbonyl (C=O) groups excluding carboxylic acids is 1. The molecule has 0 fully saturated rings. The maximum absolute atomic E-state index is 12.8. The van der Waals surface area contributed by atoms with Gasteiger partial charge in [-0.25, -0.2) is 8.42 Å². The van der Waals surface area contributed by atoms with Gasteiger partial charge in [0.25, 0.3) is 5.91 Å². The third kappa shape index (κ3) is 7.65. The monoisotopic (exact) mass is 482 g/mol. The number of methoxy groups -OCH3 is 1. The quantitative estimate of drug-likeness (QED) is 0.478. The number of ether oxygens (including phenoxy) is 2. The van der Waals surface area contributed by atoms with Crippen LogP contribution in [0.25, 0.3) is 0 Å². The van der Waals surface area contributed by atoms with Crippen molar-refractivity contribution >= 4 is 27.4 Å². The van der Waals surface area contributed by atoms with Gasteiger partial charge in [-0.1, -0.05) is 17.9 Å². The summed E-state index contributed by atoms with van der Waals surface area (Å²) in [6, 6.07) is 13.4. The van der Waals surface area contributed by atoms with E-state index in [0.717, 1.165) is 6.26 Å². The van der Waals surface area contributed by atoms with Crippen molar-refractivity contribution in [1.29, 1.82) is 0 Å². The van der Waals surface area contributed by atoms with Gasteiger partial charge in [-0.3, -0.25) is 14.2 Å². The highest BCUT2D eigenvalue weighted by atomic mass is 32.2. The highest BCUT2D eigenvalue weighted by molar-refractivity contribution is 7.92. The number of aromatic nitrogens is 2. The molecular weight excluding hydrogens is 456 g/mol. The molecule has 3 aromatic rings. The van der Waals surface area contributed by atoms with Crippen LogP contribution in [0, 0.1) is 11.8 Å². The first-order valence-corrected chi connectivity index (χ1v) is 12.2. The molecule has 2 N–H and O–H groups in total. The molecule has 0 aliphatic heterocycles. The van der Waals surface area contributed by atoms with Crippen molar-refractivity contribution in [3.05, 3.63) is 71.4 Å². The molecule has 34 heavy (non-hydrogen) atoms. The third-order valence-electron chi connectivity index (χ3n) is 4.38. The molecule has 10 heteroatoms. The van der Waals surface area contributed by atoms with Gasteiger partial charge in [-0.05, 0) is 43.3 Å². The highest BCUT2D eigenvalue weighted by Crippen LogP contribution is 2.20. The smallest absolute Gasteiger partial charge is 0.257 e. The Hall–Kier alpha value is -3.81. The standard InChI is InChI=1S/C24H26N4O5S/c1-17(16-32-3)33-22-14-19(9-8-18-6-5-7-21(13-18)27-34(4,30)31)12-20(15-22)24(29)25-23-10-11-28(2)26-23/h5-7,10-15,17,27H,16H2,1-4H3,(H,25,26,29)/t17-/m0/s1. The summed E-state index contributed by atoms with van der Waals surface area (Å²) in [6.07, 6.45) is 2.57. The minimum atomic E-state index is -3.40. The van der Waals surface area contributed by atoms with Gasteiger partial charge in [0.05, 0.1) is 12.9 Å². The number of aryl methyl sites for hydroxylation is 1. The van der Waals surface area contributed by atoms with Gasteiger partial charge in [-0.15, -0.1) is 0 Å². The summed E-state index contributed by atoms with van der Waals surface area (Å²) >= 11 is 0. The van der Waals surface area contributed by atoms with Gasteiger partial charge in [0.2, 0.25) is 10.0 Å². The lowest BCUT2D eigenvalue weighted by molar-refractivity contribution is 0.0917. The van der Waals surface area contributed by atoms with E-state index >= 15 is 0 Å². The van der Waals surface area contributed by atoms with E-state index in [1.165, 1.54) is 0 Å². The molecule has 1 heterocycles. The van der Waals surface area contributed by atoms with Gasteiger partial charge in [-0.2, -0.15) is 5.10 Å². The summed E-state index contributed by atoms with van der Waals surface area (Å²) in [7, 11) is -0.0556. The lowest BCUT2D eigenvalue weighted by atomic mass is 10.1. The lowest BCUT2D eigenvalue weighted by Gasteiger charge is -2.15. The molecule has 1 aromatic heterocycles. The fourth-order valence-electron chi connectivity index (χ4n) is 3.06. The predicted molar refractivity (Wildman–Crippen MR) is 130 cm³/mol. The molecule has 0 spiro atoms. The molecule has 3 rings (SSSR count). The van der Waals surface area contributed by atoms with E-state index < -0.39 is 10.0 Å². The molecule has 0 unspecified atom stereocenters. The first-order chi connectivity index (χ1) is 16.1. The minimum absolute atomic E-state index is 0.237. The summed E-state index contributed by atoms with van der Waals surface area (Å²) in [5.41, 5.74) is 1.92. The second kappa shape index (κ2) is 10.9. The van der Waals surface area contributed by atoms with Crippen LogP contribution in [0.3, 0.4) is 0 Å². The number of benzene rings is 2. The molecule has 1 atom stereocenters. The number of hydrogen-bond acceptors (Lipinski definition) is 6. The lowest BCUT2D eigenvalue weighted by Crippen LogP contribution is -2.19. The van der Waals surface area contributed by atoms with Crippen LogP contribution in [0.1, 0.15) is 28.4 Å². The molecule has 0 saturated carbocycles. The Balaban J connectivity index is 1.91. The van der Waals surface area contributed by atoms with Crippen LogP contribution in [-0.2, 0) is 21.8 Å². The van der Waals surface area contributed by atoms with Gasteiger partial charge in [0.1, 0.15) is 11.9 Å². The fourth-order valence-corrected chi connectivity index (χ4v) is 3.62. The third-order valence-corrected chi connectivity index (χ3v) is 4.99. The average molecular weight is 483 g/mol. The van der Waals surface area contributed by atoms with Gasteiger partial charge in [0.15, 0.2) is 5.82 Å². The van der Waals surface area contributed by atoms with Crippen molar-refractivity contribution in [2.24, 2.45) is 7.05 Å². The first-order valence-electron chi connectivity index (χ1n) is 10.3. The van der Waals surface area contributed by atoms with E-state index in [2.05, 4.69) is 27.0 Å². The molecule has 0 saturated heterocycles. The molecular formula is C24H26N4O5S. The fraction of sp³-hybridized carbons (Fsp3) is 0.250. The normalized spacial score (nSPS) is 11.8. The Morgan fingerprint density at radius 2 is 1.91 bits per heavy atom. The van der Waals surface area contributed by atoms with Crippen molar-refractivity contribution < 1.29 is 22.7 Å². The molecule has 1 amide bonds. The number of rotatable bonds is 8. The Labute approximate surface area is 199 Å². The summed E-state index contributed by atoms with van der Waals surface area (Å²) in [5, 5.41) is 6.91. The minimum Gasteiger partial charge on any atom is -0.488 e. The molecule has 9 nitrogen and oxygen atoms in total. The van der Waals surface area contributed by atoms with Crippen molar-refractivity contribution in [2.75, 3.05) is 30.0 Å². The van der Waals surface area contributed by atoms with Crippen LogP contribution in [0.2, 0.25) is 0 Å². The van der Waals surface area contributed by atoms with Crippen LogP contribution >= 0.6 is 0 Å². The number of anilines is 2. The average Bonchev–Trinajstić information content (AvgIpc) is 3.16. The summed E-state index contributed by atoms with van der Waals surface area (Å²) < 4.78 is 38.0. The predicted octanol–water partition coefficient (Wildman–Crippen LogP) is 2.86. The van der Waals surface area contributed by atoms with E-state index in [9.17, 15) is 13.2 Å². The number of carbonyl (C=O) groups is 1. The SMILES string of the molecule is COC[C@H](C)Oc1cc(C#Cc2cccc(NS(C)(=O)=O)c2)cc(C(=O)Nc2ccn(C)n2)c1. The summed E-state index contributed by atoms with van der Waals surface area (Å²) in [5.74, 6) is 6.56. The van der Waals surface area contributed by atoms with Crippen LogP contribution in [0.15, 0.2) is 54.7 Å². The maximum Gasteiger partial charge on any atom is 0.257 e. The summed E-state index contributed by atoms with van der Waals surface area (Å²) in [6.45, 7) is 2.24. The van der Waals surface area contributed by atoms with Crippen LogP contribution in [0.5, 0.6) is 5.75 Å². The number of hydrogen-bond donors (Lipinski definition) is 2. The van der Waals surface area contributed by atoms with Crippen molar-refractivity contribution in [2.45, 2.75) is 13.0 Å². The van der Waals surface area contributed by atoms with Gasteiger partial charge < -0.3 is 14.8 Å². The maximum atomic E-state index is 12.8. The molecule has 178 valence electrons. The molecule has 0 radical (unpaired) electrons. The second-order valence-corrected chi connectivity index (χ2v) is 9.41. The van der Waals surface area contributed by atoms with E-state index in [-0.39, 0.29) is 12.0 Å². The molecule has 0 bridgehead atoms. The highest BCUT2D eigenvalue weighted by Gasteiger charge is 2.13. The zero-order valence-corrected chi connectivity index (χ0v) is 20.1.